The Morgan fingerprint density at radius 1 is 1.64 bits per heavy atom. The van der Waals surface area contributed by atoms with E-state index in [-0.39, 0.29) is 0 Å². The minimum Gasteiger partial charge on any atom is -0.373 e. The molecule has 0 bridgehead atoms. The number of ether oxygens (including phenoxy) is 1. The average molecular weight is 205 g/mol. The van der Waals surface area contributed by atoms with E-state index >= 15 is 0 Å². The Hall–Kier alpha value is 0.400. The Morgan fingerprint density at radius 2 is 2.27 bits per heavy atom. The Morgan fingerprint density at radius 3 is 2.64 bits per heavy atom. The van der Waals surface area contributed by atoms with E-state index in [1.807, 2.05) is 0 Å². The fraction of sp³-hybridized carbons (Fsp3) is 1.00. The minimum atomic E-state index is -2.57. The molecular formula is C6H8Cl2F2O. The van der Waals surface area contributed by atoms with Gasteiger partial charge in [0.2, 0.25) is 5.63 Å². The summed E-state index contributed by atoms with van der Waals surface area (Å²) in [6, 6.07) is 0. The van der Waals surface area contributed by atoms with Crippen LogP contribution in [0.15, 0.2) is 0 Å². The third-order valence-electron chi connectivity index (χ3n) is 1.65. The van der Waals surface area contributed by atoms with E-state index in [0.717, 1.165) is 0 Å². The molecule has 11 heavy (non-hydrogen) atoms. The van der Waals surface area contributed by atoms with Crippen molar-refractivity contribution in [2.24, 2.45) is 0 Å². The van der Waals surface area contributed by atoms with Crippen molar-refractivity contribution >= 4 is 23.2 Å². The maximum Gasteiger partial charge on any atom is 0.254 e. The molecule has 5 heteroatoms. The van der Waals surface area contributed by atoms with Crippen LogP contribution in [-0.4, -0.2) is 23.5 Å². The normalized spacial score (nSPS) is 33.3. The van der Waals surface area contributed by atoms with Crippen LogP contribution in [0.2, 0.25) is 0 Å². The first kappa shape index (κ1) is 9.49. The molecule has 3 atom stereocenters. The topological polar surface area (TPSA) is 9.23 Å². The van der Waals surface area contributed by atoms with Crippen molar-refractivity contribution in [1.29, 1.82) is 0 Å². The molecule has 3 unspecified atom stereocenters. The lowest BCUT2D eigenvalue weighted by atomic mass is 10.1. The van der Waals surface area contributed by atoms with E-state index < -0.39 is 16.9 Å². The van der Waals surface area contributed by atoms with Crippen LogP contribution < -0.4 is 0 Å². The van der Waals surface area contributed by atoms with Crippen molar-refractivity contribution in [3.8, 4) is 0 Å². The average Bonchev–Trinajstić information content (AvgIpc) is 2.37. The van der Waals surface area contributed by atoms with Gasteiger partial charge in [0.25, 0.3) is 5.13 Å². The smallest absolute Gasteiger partial charge is 0.254 e. The highest BCUT2D eigenvalue weighted by molar-refractivity contribution is 6.31. The molecule has 0 amide bonds. The lowest BCUT2D eigenvalue weighted by molar-refractivity contribution is -0.000751. The van der Waals surface area contributed by atoms with Gasteiger partial charge in [-0.3, -0.25) is 0 Å². The quantitative estimate of drug-likeness (QED) is 0.629. The Kier molecular flexibility index (Phi) is 2.95. The highest BCUT2D eigenvalue weighted by atomic mass is 35.5. The minimum absolute atomic E-state index is 0.423. The zero-order valence-corrected chi connectivity index (χ0v) is 7.21. The van der Waals surface area contributed by atoms with Gasteiger partial charge in [-0.2, -0.15) is 0 Å². The zero-order chi connectivity index (χ0) is 8.48. The van der Waals surface area contributed by atoms with Crippen LogP contribution in [0.3, 0.4) is 0 Å². The SMILES string of the molecule is FC(Cl)C(F)(Cl)C1CCCO1. The second kappa shape index (κ2) is 3.42. The van der Waals surface area contributed by atoms with Gasteiger partial charge in [0.1, 0.15) is 6.10 Å². The summed E-state index contributed by atoms with van der Waals surface area (Å²) in [5.41, 5.74) is -2.22. The molecule has 0 N–H and O–H groups in total. The molecule has 0 aromatic carbocycles. The maximum atomic E-state index is 13.1. The number of halogens is 4. The van der Waals surface area contributed by atoms with Crippen LogP contribution in [-0.2, 0) is 4.74 Å². The van der Waals surface area contributed by atoms with Gasteiger partial charge >= 0.3 is 0 Å². The summed E-state index contributed by atoms with van der Waals surface area (Å²) < 4.78 is 30.2. The van der Waals surface area contributed by atoms with E-state index in [4.69, 9.17) is 27.9 Å². The van der Waals surface area contributed by atoms with Crippen LogP contribution in [0.1, 0.15) is 12.8 Å². The summed E-state index contributed by atoms with van der Waals surface area (Å²) in [7, 11) is 0. The molecule has 1 rings (SSSR count). The van der Waals surface area contributed by atoms with Crippen LogP contribution >= 0.6 is 23.2 Å². The predicted molar refractivity (Wildman–Crippen MR) is 39.4 cm³/mol. The molecule has 0 aromatic rings. The van der Waals surface area contributed by atoms with Gasteiger partial charge in [0.15, 0.2) is 0 Å². The van der Waals surface area contributed by atoms with Gasteiger partial charge in [-0.05, 0) is 12.8 Å². The molecule has 1 saturated heterocycles. The summed E-state index contributed by atoms with van der Waals surface area (Å²) in [5.74, 6) is 0. The van der Waals surface area contributed by atoms with E-state index in [9.17, 15) is 8.78 Å². The molecule has 1 nitrogen and oxygen atoms in total. The number of hydrogen-bond acceptors (Lipinski definition) is 1. The Bertz CT molecular complexity index is 135. The fourth-order valence-electron chi connectivity index (χ4n) is 1.02. The fourth-order valence-corrected chi connectivity index (χ4v) is 1.33. The maximum absolute atomic E-state index is 13.1. The largest absolute Gasteiger partial charge is 0.373 e. The molecule has 0 radical (unpaired) electrons. The number of alkyl halides is 4. The monoisotopic (exact) mass is 204 g/mol. The van der Waals surface area contributed by atoms with Crippen LogP contribution in [0.5, 0.6) is 0 Å². The van der Waals surface area contributed by atoms with Gasteiger partial charge in [-0.1, -0.05) is 23.2 Å². The summed E-state index contributed by atoms with van der Waals surface area (Å²) in [6.07, 6.45) is 0.219. The lowest BCUT2D eigenvalue weighted by Crippen LogP contribution is -2.38. The highest BCUT2D eigenvalue weighted by Gasteiger charge is 2.46. The second-order valence-corrected chi connectivity index (χ2v) is 3.44. The van der Waals surface area contributed by atoms with Gasteiger partial charge in [-0.25, -0.2) is 8.78 Å². The third kappa shape index (κ3) is 1.95. The van der Waals surface area contributed by atoms with Crippen LogP contribution in [0.25, 0.3) is 0 Å². The predicted octanol–water partition coefficient (Wildman–Crippen LogP) is 2.60. The van der Waals surface area contributed by atoms with Crippen molar-refractivity contribution in [2.75, 3.05) is 6.61 Å². The summed E-state index contributed by atoms with van der Waals surface area (Å²) in [4.78, 5) is 0. The second-order valence-electron chi connectivity index (χ2n) is 2.48. The number of rotatable bonds is 2. The molecule has 1 aliphatic heterocycles. The van der Waals surface area contributed by atoms with Crippen molar-refractivity contribution in [1.82, 2.24) is 0 Å². The van der Waals surface area contributed by atoms with Gasteiger partial charge in [0.05, 0.1) is 0 Å². The summed E-state index contributed by atoms with van der Waals surface area (Å²) in [6.45, 7) is 0.423. The van der Waals surface area contributed by atoms with E-state index in [0.29, 0.717) is 19.4 Å². The molecule has 1 fully saturated rings. The summed E-state index contributed by atoms with van der Waals surface area (Å²) >= 11 is 10.1. The number of hydrogen-bond donors (Lipinski definition) is 0. The molecule has 0 aromatic heterocycles. The summed E-state index contributed by atoms with van der Waals surface area (Å²) in [5, 5.41) is -2.57. The van der Waals surface area contributed by atoms with Crippen LogP contribution in [0.4, 0.5) is 8.78 Å². The van der Waals surface area contributed by atoms with E-state index in [1.54, 1.807) is 0 Å². The highest BCUT2D eigenvalue weighted by Crippen LogP contribution is 2.37. The van der Waals surface area contributed by atoms with Gasteiger partial charge in [-0.15, -0.1) is 0 Å². The van der Waals surface area contributed by atoms with Gasteiger partial charge in [0, 0.05) is 6.61 Å². The molecule has 1 aliphatic rings. The van der Waals surface area contributed by atoms with Crippen LogP contribution in [0, 0.1) is 0 Å². The van der Waals surface area contributed by atoms with E-state index in [1.165, 1.54) is 0 Å². The van der Waals surface area contributed by atoms with Crippen molar-refractivity contribution < 1.29 is 13.5 Å². The molecule has 66 valence electrons. The molecular weight excluding hydrogens is 197 g/mol. The Labute approximate surface area is 73.6 Å². The standard InChI is InChI=1S/C6H8Cl2F2O/c7-5(9)6(8,10)4-2-1-3-11-4/h4-5H,1-3H2. The molecule has 0 spiro atoms. The molecule has 0 saturated carbocycles. The van der Waals surface area contributed by atoms with Crippen molar-refractivity contribution in [3.63, 3.8) is 0 Å². The van der Waals surface area contributed by atoms with E-state index in [2.05, 4.69) is 0 Å². The van der Waals surface area contributed by atoms with Crippen molar-refractivity contribution in [3.05, 3.63) is 0 Å². The third-order valence-corrected chi connectivity index (χ3v) is 2.51. The lowest BCUT2D eigenvalue weighted by Gasteiger charge is -2.23. The first-order chi connectivity index (χ1) is 5.05. The molecule has 1 heterocycles. The zero-order valence-electron chi connectivity index (χ0n) is 5.70. The molecule has 0 aliphatic carbocycles. The van der Waals surface area contributed by atoms with Crippen molar-refractivity contribution in [2.45, 2.75) is 29.7 Å². The van der Waals surface area contributed by atoms with Gasteiger partial charge < -0.3 is 4.74 Å². The first-order valence-electron chi connectivity index (χ1n) is 3.32. The first-order valence-corrected chi connectivity index (χ1v) is 4.14. The Balaban J connectivity index is 2.55.